The molecule has 2 aliphatic heterocycles. The number of anilines is 1. The fraction of sp³-hybridized carbons (Fsp3) is 0.417. The SMILES string of the molecule is C1=CCC(C2C=CC(N3C4C=CC=CC4C4C=C(C5CC=CC6=C5N(c5cccc(C7C=CCCC7)c5)C5C=CC=CC65)CCC43)CC2)C=C1. The maximum absolute atomic E-state index is 2.97. The van der Waals surface area contributed by atoms with Gasteiger partial charge in [-0.2, -0.15) is 0 Å². The number of hydrogen-bond acceptors (Lipinski definition) is 2. The molecular weight excluding hydrogens is 605 g/mol. The second kappa shape index (κ2) is 13.0. The van der Waals surface area contributed by atoms with E-state index >= 15 is 0 Å². The summed E-state index contributed by atoms with van der Waals surface area (Å²) in [6.45, 7) is 0. The van der Waals surface area contributed by atoms with Crippen molar-refractivity contribution in [1.82, 2.24) is 4.90 Å². The Morgan fingerprint density at radius 3 is 2.42 bits per heavy atom. The van der Waals surface area contributed by atoms with Gasteiger partial charge in [0.2, 0.25) is 0 Å². The molecule has 1 aromatic carbocycles. The highest BCUT2D eigenvalue weighted by molar-refractivity contribution is 5.66. The molecule has 11 atom stereocenters. The Morgan fingerprint density at radius 1 is 0.660 bits per heavy atom. The summed E-state index contributed by atoms with van der Waals surface area (Å²) in [4.78, 5) is 5.74. The molecular formula is C48H52N2. The van der Waals surface area contributed by atoms with Crippen LogP contribution in [0.3, 0.4) is 0 Å². The van der Waals surface area contributed by atoms with Crippen LogP contribution in [-0.2, 0) is 0 Å². The highest BCUT2D eigenvalue weighted by Gasteiger charge is 2.51. The van der Waals surface area contributed by atoms with Gasteiger partial charge in [0.1, 0.15) is 0 Å². The van der Waals surface area contributed by atoms with Gasteiger partial charge in [-0.3, -0.25) is 4.90 Å². The van der Waals surface area contributed by atoms with Crippen molar-refractivity contribution in [2.24, 2.45) is 35.5 Å². The first-order valence-corrected chi connectivity index (χ1v) is 20.0. The zero-order valence-corrected chi connectivity index (χ0v) is 29.4. The first-order chi connectivity index (χ1) is 24.8. The Labute approximate surface area is 300 Å². The molecule has 10 rings (SSSR count). The average Bonchev–Trinajstić information content (AvgIpc) is 3.71. The number of benzene rings is 1. The van der Waals surface area contributed by atoms with Crippen LogP contribution in [0.15, 0.2) is 157 Å². The van der Waals surface area contributed by atoms with E-state index in [1.165, 1.54) is 62.6 Å². The number of hydrogen-bond donors (Lipinski definition) is 0. The molecule has 2 heteroatoms. The molecule has 11 unspecified atom stereocenters. The maximum Gasteiger partial charge on any atom is 0.0626 e. The molecule has 0 radical (unpaired) electrons. The van der Waals surface area contributed by atoms with E-state index in [-0.39, 0.29) is 0 Å². The predicted molar refractivity (Wildman–Crippen MR) is 209 cm³/mol. The van der Waals surface area contributed by atoms with Gasteiger partial charge in [0, 0.05) is 59.1 Å². The van der Waals surface area contributed by atoms with E-state index < -0.39 is 0 Å². The topological polar surface area (TPSA) is 6.48 Å². The van der Waals surface area contributed by atoms with E-state index in [1.807, 2.05) is 0 Å². The van der Waals surface area contributed by atoms with Gasteiger partial charge < -0.3 is 4.90 Å². The molecule has 2 heterocycles. The van der Waals surface area contributed by atoms with Crippen molar-refractivity contribution >= 4 is 5.69 Å². The third-order valence-corrected chi connectivity index (χ3v) is 13.8. The van der Waals surface area contributed by atoms with Crippen LogP contribution in [0.5, 0.6) is 0 Å². The molecule has 1 aromatic rings. The number of nitrogens with zero attached hydrogens (tertiary/aromatic N) is 2. The summed E-state index contributed by atoms with van der Waals surface area (Å²) < 4.78 is 0. The summed E-state index contributed by atoms with van der Waals surface area (Å²) in [5.74, 6) is 3.92. The maximum atomic E-state index is 2.97. The highest BCUT2D eigenvalue weighted by Crippen LogP contribution is 2.53. The monoisotopic (exact) mass is 656 g/mol. The zero-order chi connectivity index (χ0) is 33.0. The van der Waals surface area contributed by atoms with Crippen molar-refractivity contribution in [3.63, 3.8) is 0 Å². The summed E-state index contributed by atoms with van der Waals surface area (Å²) >= 11 is 0. The molecule has 9 aliphatic rings. The Morgan fingerprint density at radius 2 is 1.56 bits per heavy atom. The lowest BCUT2D eigenvalue weighted by Crippen LogP contribution is -2.46. The molecule has 0 spiro atoms. The van der Waals surface area contributed by atoms with Crippen LogP contribution in [-0.4, -0.2) is 29.1 Å². The summed E-state index contributed by atoms with van der Waals surface area (Å²) in [6, 6.07) is 11.6. The van der Waals surface area contributed by atoms with Crippen molar-refractivity contribution in [3.8, 4) is 0 Å². The quantitative estimate of drug-likeness (QED) is 0.291. The molecule has 7 aliphatic carbocycles. The van der Waals surface area contributed by atoms with Gasteiger partial charge in [-0.1, -0.05) is 133 Å². The molecule has 0 amide bonds. The molecule has 0 bridgehead atoms. The minimum atomic E-state index is 0.351. The molecule has 2 nitrogen and oxygen atoms in total. The van der Waals surface area contributed by atoms with Crippen molar-refractivity contribution in [3.05, 3.63) is 162 Å². The fourth-order valence-corrected chi connectivity index (χ4v) is 11.5. The highest BCUT2D eigenvalue weighted by atomic mass is 15.3. The van der Waals surface area contributed by atoms with E-state index in [2.05, 4.69) is 150 Å². The largest absolute Gasteiger partial charge is 0.336 e. The van der Waals surface area contributed by atoms with Gasteiger partial charge in [-0.25, -0.2) is 0 Å². The lowest BCUT2D eigenvalue weighted by Gasteiger charge is -2.41. The smallest absolute Gasteiger partial charge is 0.0626 e. The van der Waals surface area contributed by atoms with Gasteiger partial charge in [0.05, 0.1) is 6.04 Å². The third-order valence-electron chi connectivity index (χ3n) is 13.8. The Bertz CT molecular complexity index is 1840. The Balaban J connectivity index is 0.970. The van der Waals surface area contributed by atoms with Crippen LogP contribution in [0.4, 0.5) is 5.69 Å². The molecule has 0 aromatic heterocycles. The number of likely N-dealkylation sites (tertiary alicyclic amines) is 1. The van der Waals surface area contributed by atoms with E-state index in [0.29, 0.717) is 65.6 Å². The molecule has 1 fully saturated rings. The van der Waals surface area contributed by atoms with Gasteiger partial charge in [-0.05, 0) is 92.9 Å². The standard InChI is InChI=1S/C48H52N2/c1-3-13-33(14-4-1)35-25-28-38(29-26-35)49-45-23-9-8-20-42(45)44-32-37(27-30-47(44)49)40-21-12-22-43-41-19-7-10-24-46(41)50(48(40)43)39-18-11-17-36(31-39)34-15-5-2-6-16-34/h1,3-5,7-13,15,17-20,22-25,28,31-35,38,40-42,44-47H,2,6,14,16,21,26-27,29-30H2. The molecule has 1 saturated heterocycles. The van der Waals surface area contributed by atoms with Crippen molar-refractivity contribution in [1.29, 1.82) is 0 Å². The average molecular weight is 657 g/mol. The van der Waals surface area contributed by atoms with Crippen molar-refractivity contribution < 1.29 is 0 Å². The first kappa shape index (κ1) is 30.9. The molecule has 254 valence electrons. The summed E-state index contributed by atoms with van der Waals surface area (Å²) in [5.41, 5.74) is 7.69. The third kappa shape index (κ3) is 5.24. The molecule has 0 N–H and O–H groups in total. The predicted octanol–water partition coefficient (Wildman–Crippen LogP) is 10.9. The first-order valence-electron chi connectivity index (χ1n) is 20.0. The summed E-state index contributed by atoms with van der Waals surface area (Å²) in [5, 5.41) is 0. The fourth-order valence-electron chi connectivity index (χ4n) is 11.5. The van der Waals surface area contributed by atoms with Crippen molar-refractivity contribution in [2.75, 3.05) is 4.90 Å². The molecule has 50 heavy (non-hydrogen) atoms. The van der Waals surface area contributed by atoms with Crippen LogP contribution in [0.1, 0.15) is 69.3 Å². The zero-order valence-electron chi connectivity index (χ0n) is 29.4. The van der Waals surface area contributed by atoms with Crippen LogP contribution >= 0.6 is 0 Å². The second-order valence-corrected chi connectivity index (χ2v) is 16.4. The van der Waals surface area contributed by atoms with E-state index in [0.717, 1.165) is 6.42 Å². The van der Waals surface area contributed by atoms with Gasteiger partial charge in [0.15, 0.2) is 0 Å². The van der Waals surface area contributed by atoms with Crippen LogP contribution in [0.2, 0.25) is 0 Å². The van der Waals surface area contributed by atoms with Crippen molar-refractivity contribution in [2.45, 2.75) is 87.9 Å². The number of rotatable bonds is 5. The Kier molecular flexibility index (Phi) is 8.05. The minimum Gasteiger partial charge on any atom is -0.336 e. The lowest BCUT2D eigenvalue weighted by atomic mass is 9.73. The van der Waals surface area contributed by atoms with E-state index in [1.54, 1.807) is 16.8 Å². The normalized spacial score (nSPS) is 39.5. The molecule has 0 saturated carbocycles. The van der Waals surface area contributed by atoms with Crippen LogP contribution in [0.25, 0.3) is 0 Å². The second-order valence-electron chi connectivity index (χ2n) is 16.4. The summed E-state index contributed by atoms with van der Waals surface area (Å²) in [6.07, 6.45) is 57.5. The van der Waals surface area contributed by atoms with Gasteiger partial charge >= 0.3 is 0 Å². The van der Waals surface area contributed by atoms with Gasteiger partial charge in [-0.15, -0.1) is 0 Å². The minimum absolute atomic E-state index is 0.351. The van der Waals surface area contributed by atoms with E-state index in [9.17, 15) is 0 Å². The van der Waals surface area contributed by atoms with E-state index in [4.69, 9.17) is 0 Å². The van der Waals surface area contributed by atoms with Crippen LogP contribution < -0.4 is 4.90 Å². The number of fused-ring (bicyclic) bond motifs is 5. The van der Waals surface area contributed by atoms with Gasteiger partial charge in [0.25, 0.3) is 0 Å². The Hall–Kier alpha value is -3.88. The van der Waals surface area contributed by atoms with Crippen LogP contribution in [0, 0.1) is 35.5 Å². The number of allylic oxidation sites excluding steroid dienone is 14. The summed E-state index contributed by atoms with van der Waals surface area (Å²) in [7, 11) is 0. The lowest BCUT2D eigenvalue weighted by molar-refractivity contribution is 0.138.